The van der Waals surface area contributed by atoms with Gasteiger partial charge in [0.05, 0.1) is 22.6 Å². The maximum Gasteiger partial charge on any atom is 0.326 e. The Morgan fingerprint density at radius 3 is 2.38 bits per heavy atom. The number of hydrogen-bond acceptors (Lipinski definition) is 6. The predicted octanol–water partition coefficient (Wildman–Crippen LogP) is 2.92. The van der Waals surface area contributed by atoms with Gasteiger partial charge in [-0.1, -0.05) is 17.7 Å². The van der Waals surface area contributed by atoms with E-state index >= 15 is 0 Å². The Labute approximate surface area is 155 Å². The topological polar surface area (TPSA) is 107 Å². The number of carbonyl (C=O) groups is 1. The molecule has 0 heterocycles. The summed E-state index contributed by atoms with van der Waals surface area (Å²) < 4.78 is 31.5. The van der Waals surface area contributed by atoms with Crippen LogP contribution in [0.2, 0.25) is 5.02 Å². The molecule has 2 aromatic rings. The Hall–Kier alpha value is -2.65. The van der Waals surface area contributed by atoms with Crippen molar-refractivity contribution in [1.82, 2.24) is 0 Å². The fourth-order valence-electron chi connectivity index (χ4n) is 2.20. The maximum absolute atomic E-state index is 13.0. The molecule has 138 valence electrons. The summed E-state index contributed by atoms with van der Waals surface area (Å²) in [4.78, 5) is 21.7. The van der Waals surface area contributed by atoms with E-state index < -0.39 is 27.5 Å². The summed E-state index contributed by atoms with van der Waals surface area (Å²) in [5, 5.41) is 11.0. The van der Waals surface area contributed by atoms with Crippen LogP contribution in [0.5, 0.6) is 0 Å². The van der Waals surface area contributed by atoms with Crippen molar-refractivity contribution >= 4 is 39.0 Å². The van der Waals surface area contributed by atoms with Gasteiger partial charge < -0.3 is 4.74 Å². The SMILES string of the molecule is COC(=O)CN(c1cc(Cl)ccc1C)S(=O)(=O)c1ccc([N+](=O)[O-])cc1. The number of rotatable bonds is 6. The molecule has 0 saturated heterocycles. The van der Waals surface area contributed by atoms with Gasteiger partial charge in [-0.3, -0.25) is 19.2 Å². The van der Waals surface area contributed by atoms with Crippen LogP contribution in [-0.4, -0.2) is 33.0 Å². The normalized spacial score (nSPS) is 11.0. The van der Waals surface area contributed by atoms with Crippen LogP contribution in [0.15, 0.2) is 47.4 Å². The second-order valence-electron chi connectivity index (χ2n) is 5.27. The molecule has 0 fully saturated rings. The highest BCUT2D eigenvalue weighted by molar-refractivity contribution is 7.92. The molecule has 26 heavy (non-hydrogen) atoms. The number of halogens is 1. The smallest absolute Gasteiger partial charge is 0.326 e. The summed E-state index contributed by atoms with van der Waals surface area (Å²) >= 11 is 5.97. The van der Waals surface area contributed by atoms with Gasteiger partial charge in [-0.05, 0) is 36.8 Å². The first kappa shape index (κ1) is 19.7. The minimum atomic E-state index is -4.19. The highest BCUT2D eigenvalue weighted by Gasteiger charge is 2.29. The number of methoxy groups -OCH3 is 1. The molecule has 0 aliphatic rings. The number of non-ortho nitro benzene ring substituents is 1. The molecule has 0 N–H and O–H groups in total. The quantitative estimate of drug-likeness (QED) is 0.420. The molecule has 0 spiro atoms. The number of sulfonamides is 1. The number of hydrogen-bond donors (Lipinski definition) is 0. The number of esters is 1. The van der Waals surface area contributed by atoms with Gasteiger partial charge in [0.2, 0.25) is 0 Å². The fourth-order valence-corrected chi connectivity index (χ4v) is 3.83. The van der Waals surface area contributed by atoms with Gasteiger partial charge in [-0.25, -0.2) is 8.42 Å². The number of nitrogens with zero attached hydrogens (tertiary/aromatic N) is 2. The third-order valence-corrected chi connectivity index (χ3v) is 5.58. The van der Waals surface area contributed by atoms with Gasteiger partial charge in [0, 0.05) is 17.2 Å². The van der Waals surface area contributed by atoms with Crippen LogP contribution in [-0.2, 0) is 19.6 Å². The zero-order chi connectivity index (χ0) is 19.5. The van der Waals surface area contributed by atoms with Crippen molar-refractivity contribution in [1.29, 1.82) is 0 Å². The van der Waals surface area contributed by atoms with Crippen molar-refractivity contribution < 1.29 is 22.9 Å². The van der Waals surface area contributed by atoms with Crippen LogP contribution in [0.1, 0.15) is 5.56 Å². The van der Waals surface area contributed by atoms with Crippen LogP contribution >= 0.6 is 11.6 Å². The number of ether oxygens (including phenoxy) is 1. The molecule has 0 aliphatic heterocycles. The van der Waals surface area contributed by atoms with E-state index in [4.69, 9.17) is 11.6 Å². The first-order valence-corrected chi connectivity index (χ1v) is 9.09. The van der Waals surface area contributed by atoms with Gasteiger partial charge in [0.15, 0.2) is 0 Å². The molecule has 0 aliphatic carbocycles. The standard InChI is InChI=1S/C16H15ClN2O6S/c1-11-3-4-12(17)9-15(11)18(10-16(20)25-2)26(23,24)14-7-5-13(6-8-14)19(21)22/h3-9H,10H2,1-2H3. The van der Waals surface area contributed by atoms with Crippen LogP contribution in [0.3, 0.4) is 0 Å². The summed E-state index contributed by atoms with van der Waals surface area (Å²) in [7, 11) is -3.05. The lowest BCUT2D eigenvalue weighted by atomic mass is 10.2. The summed E-state index contributed by atoms with van der Waals surface area (Å²) in [6.45, 7) is 1.10. The molecule has 2 rings (SSSR count). The van der Waals surface area contributed by atoms with E-state index in [1.807, 2.05) is 0 Å². The van der Waals surface area contributed by atoms with E-state index in [2.05, 4.69) is 4.74 Å². The van der Waals surface area contributed by atoms with Gasteiger partial charge in [-0.15, -0.1) is 0 Å². The van der Waals surface area contributed by atoms with E-state index in [9.17, 15) is 23.3 Å². The van der Waals surface area contributed by atoms with E-state index in [1.54, 1.807) is 19.1 Å². The van der Waals surface area contributed by atoms with Crippen molar-refractivity contribution in [2.45, 2.75) is 11.8 Å². The second kappa shape index (κ2) is 7.71. The Morgan fingerprint density at radius 1 is 1.23 bits per heavy atom. The summed E-state index contributed by atoms with van der Waals surface area (Å²) in [6, 6.07) is 9.00. The second-order valence-corrected chi connectivity index (χ2v) is 7.57. The van der Waals surface area contributed by atoms with Gasteiger partial charge in [0.25, 0.3) is 15.7 Å². The van der Waals surface area contributed by atoms with Crippen molar-refractivity contribution in [3.05, 3.63) is 63.2 Å². The third kappa shape index (κ3) is 4.12. The molecule has 8 nitrogen and oxygen atoms in total. The Morgan fingerprint density at radius 2 is 1.85 bits per heavy atom. The van der Waals surface area contributed by atoms with Crippen molar-refractivity contribution in [3.8, 4) is 0 Å². The zero-order valence-corrected chi connectivity index (χ0v) is 15.5. The first-order valence-electron chi connectivity index (χ1n) is 7.27. The van der Waals surface area contributed by atoms with Crippen molar-refractivity contribution in [2.75, 3.05) is 18.0 Å². The lowest BCUT2D eigenvalue weighted by molar-refractivity contribution is -0.384. The van der Waals surface area contributed by atoms with Crippen LogP contribution in [0, 0.1) is 17.0 Å². The number of aryl methyl sites for hydroxylation is 1. The lowest BCUT2D eigenvalue weighted by Gasteiger charge is -2.25. The molecule has 0 bridgehead atoms. The number of nitro benzene ring substituents is 1. The Bertz CT molecular complexity index is 944. The van der Waals surface area contributed by atoms with Gasteiger partial charge in [0.1, 0.15) is 6.54 Å². The maximum atomic E-state index is 13.0. The molecule has 0 atom stereocenters. The molecule has 0 saturated carbocycles. The molecule has 0 radical (unpaired) electrons. The van der Waals surface area contributed by atoms with Crippen molar-refractivity contribution in [2.24, 2.45) is 0 Å². The Balaban J connectivity index is 2.57. The third-order valence-electron chi connectivity index (χ3n) is 3.58. The van der Waals surface area contributed by atoms with E-state index in [0.717, 1.165) is 35.7 Å². The summed E-state index contributed by atoms with van der Waals surface area (Å²) in [5.41, 5.74) is 0.535. The largest absolute Gasteiger partial charge is 0.468 e. The minimum absolute atomic E-state index is 0.202. The summed E-state index contributed by atoms with van der Waals surface area (Å²) in [5.74, 6) is -0.769. The lowest BCUT2D eigenvalue weighted by Crippen LogP contribution is -2.36. The van der Waals surface area contributed by atoms with Crippen LogP contribution < -0.4 is 4.31 Å². The molecule has 0 aromatic heterocycles. The highest BCUT2D eigenvalue weighted by Crippen LogP contribution is 2.30. The van der Waals surface area contributed by atoms with E-state index in [1.165, 1.54) is 6.07 Å². The molecule has 2 aromatic carbocycles. The highest BCUT2D eigenvalue weighted by atomic mass is 35.5. The zero-order valence-electron chi connectivity index (χ0n) is 13.9. The molecule has 0 amide bonds. The predicted molar refractivity (Wildman–Crippen MR) is 95.8 cm³/mol. The number of anilines is 1. The summed E-state index contributed by atoms with van der Waals surface area (Å²) in [6.07, 6.45) is 0. The first-order chi connectivity index (χ1) is 12.2. The number of nitro groups is 1. The van der Waals surface area contributed by atoms with E-state index in [0.29, 0.717) is 10.6 Å². The molecular formula is C16H15ClN2O6S. The molecule has 0 unspecified atom stereocenters. The number of carbonyl (C=O) groups excluding carboxylic acids is 1. The van der Waals surface area contributed by atoms with Crippen molar-refractivity contribution in [3.63, 3.8) is 0 Å². The van der Waals surface area contributed by atoms with Gasteiger partial charge in [-0.2, -0.15) is 0 Å². The average Bonchev–Trinajstić information content (AvgIpc) is 2.61. The average molecular weight is 399 g/mol. The minimum Gasteiger partial charge on any atom is -0.468 e. The Kier molecular flexibility index (Phi) is 5.83. The van der Waals surface area contributed by atoms with Gasteiger partial charge >= 0.3 is 5.97 Å². The van der Waals surface area contributed by atoms with Crippen LogP contribution in [0.25, 0.3) is 0 Å². The fraction of sp³-hybridized carbons (Fsp3) is 0.188. The molecular weight excluding hydrogens is 384 g/mol. The van der Waals surface area contributed by atoms with Crippen LogP contribution in [0.4, 0.5) is 11.4 Å². The monoisotopic (exact) mass is 398 g/mol. The van der Waals surface area contributed by atoms with E-state index in [-0.39, 0.29) is 16.3 Å². The molecule has 10 heteroatoms. The number of benzene rings is 2.